The third-order valence-electron chi connectivity index (χ3n) is 2.36. The van der Waals surface area contributed by atoms with Crippen LogP contribution < -0.4 is 11.1 Å². The van der Waals surface area contributed by atoms with Gasteiger partial charge in [0.25, 0.3) is 5.91 Å². The highest BCUT2D eigenvalue weighted by Crippen LogP contribution is 2.15. The van der Waals surface area contributed by atoms with Gasteiger partial charge in [-0.3, -0.25) is 9.48 Å². The molecule has 0 aliphatic carbocycles. The molecular formula is C11H15N5O3. The van der Waals surface area contributed by atoms with Gasteiger partial charge < -0.3 is 15.8 Å². The van der Waals surface area contributed by atoms with Gasteiger partial charge in [0.15, 0.2) is 12.3 Å². The van der Waals surface area contributed by atoms with Crippen LogP contribution in [0.25, 0.3) is 0 Å². The van der Waals surface area contributed by atoms with E-state index < -0.39 is 18.5 Å². The molecule has 0 radical (unpaired) electrons. The highest BCUT2D eigenvalue weighted by Gasteiger charge is 2.20. The first-order valence-corrected chi connectivity index (χ1v) is 5.57. The fraction of sp³-hybridized carbons (Fsp3) is 0.455. The van der Waals surface area contributed by atoms with Crippen LogP contribution in [0, 0.1) is 18.3 Å². The Labute approximate surface area is 110 Å². The highest BCUT2D eigenvalue weighted by atomic mass is 16.5. The van der Waals surface area contributed by atoms with Crippen LogP contribution in [0.3, 0.4) is 0 Å². The summed E-state index contributed by atoms with van der Waals surface area (Å²) in [4.78, 5) is 23.0. The molecule has 1 aromatic heterocycles. The van der Waals surface area contributed by atoms with E-state index in [2.05, 4.69) is 10.4 Å². The fourth-order valence-corrected chi connectivity index (χ4v) is 1.42. The number of nitriles is 1. The number of carbonyl (C=O) groups is 2. The number of nitrogens with one attached hydrogen (secondary N) is 1. The normalized spacial score (nSPS) is 9.74. The second-order valence-corrected chi connectivity index (χ2v) is 3.81. The van der Waals surface area contributed by atoms with E-state index in [4.69, 9.17) is 15.7 Å². The van der Waals surface area contributed by atoms with Crippen LogP contribution in [0.5, 0.6) is 0 Å². The number of anilines is 1. The molecule has 19 heavy (non-hydrogen) atoms. The van der Waals surface area contributed by atoms with E-state index >= 15 is 0 Å². The van der Waals surface area contributed by atoms with Crippen molar-refractivity contribution < 1.29 is 14.3 Å². The lowest BCUT2D eigenvalue weighted by molar-refractivity contribution is -0.124. The molecule has 1 aromatic rings. The number of ether oxygens (including phenoxy) is 1. The standard InChI is InChI=1S/C11H15N5O3/c1-7-9(13)10(16(2)15-7)11(18)19-6-8(17)14-5-3-4-12/h3,5-6,13H2,1-2H3,(H,14,17). The molecule has 0 bridgehead atoms. The van der Waals surface area contributed by atoms with Crippen LogP contribution in [-0.4, -0.2) is 34.8 Å². The predicted molar refractivity (Wildman–Crippen MR) is 65.9 cm³/mol. The van der Waals surface area contributed by atoms with Gasteiger partial charge in [-0.25, -0.2) is 4.79 Å². The zero-order valence-electron chi connectivity index (χ0n) is 10.8. The van der Waals surface area contributed by atoms with Gasteiger partial charge in [0.05, 0.1) is 23.9 Å². The van der Waals surface area contributed by atoms with Gasteiger partial charge in [0, 0.05) is 13.6 Å². The van der Waals surface area contributed by atoms with Crippen molar-refractivity contribution in [1.82, 2.24) is 15.1 Å². The van der Waals surface area contributed by atoms with E-state index in [1.54, 1.807) is 14.0 Å². The molecule has 0 aliphatic heterocycles. The van der Waals surface area contributed by atoms with Crippen molar-refractivity contribution in [2.24, 2.45) is 7.05 Å². The van der Waals surface area contributed by atoms with Crippen LogP contribution in [-0.2, 0) is 16.6 Å². The molecule has 1 heterocycles. The molecule has 1 amide bonds. The van der Waals surface area contributed by atoms with Crippen molar-refractivity contribution in [1.29, 1.82) is 5.26 Å². The first-order chi connectivity index (χ1) is 8.97. The molecule has 102 valence electrons. The van der Waals surface area contributed by atoms with Crippen molar-refractivity contribution in [3.8, 4) is 6.07 Å². The first kappa shape index (κ1) is 14.5. The maximum atomic E-state index is 11.7. The number of amides is 1. The summed E-state index contributed by atoms with van der Waals surface area (Å²) in [5.41, 5.74) is 6.56. The lowest BCUT2D eigenvalue weighted by atomic mass is 10.3. The smallest absolute Gasteiger partial charge is 0.359 e. The molecule has 0 aliphatic rings. The number of nitrogen functional groups attached to an aromatic ring is 1. The summed E-state index contributed by atoms with van der Waals surface area (Å²) in [6.07, 6.45) is 0.202. The zero-order valence-corrected chi connectivity index (χ0v) is 10.8. The molecule has 8 heteroatoms. The minimum atomic E-state index is -0.712. The largest absolute Gasteiger partial charge is 0.451 e. The third-order valence-corrected chi connectivity index (χ3v) is 2.36. The SMILES string of the molecule is Cc1nn(C)c(C(=O)OCC(=O)NCCC#N)c1N. The van der Waals surface area contributed by atoms with Gasteiger partial charge in [-0.2, -0.15) is 10.4 Å². The van der Waals surface area contributed by atoms with Crippen molar-refractivity contribution in [2.75, 3.05) is 18.9 Å². The summed E-state index contributed by atoms with van der Waals surface area (Å²) < 4.78 is 6.13. The Kier molecular flexibility index (Phi) is 4.88. The summed E-state index contributed by atoms with van der Waals surface area (Å²) in [7, 11) is 1.56. The molecular weight excluding hydrogens is 250 g/mol. The number of aryl methyl sites for hydroxylation is 2. The van der Waals surface area contributed by atoms with Gasteiger partial charge in [-0.05, 0) is 6.92 Å². The molecule has 3 N–H and O–H groups in total. The van der Waals surface area contributed by atoms with Crippen LogP contribution in [0.2, 0.25) is 0 Å². The summed E-state index contributed by atoms with van der Waals surface area (Å²) >= 11 is 0. The van der Waals surface area contributed by atoms with E-state index in [9.17, 15) is 9.59 Å². The minimum absolute atomic E-state index is 0.113. The quantitative estimate of drug-likeness (QED) is 0.546. The zero-order chi connectivity index (χ0) is 14.4. The Morgan fingerprint density at radius 1 is 1.58 bits per heavy atom. The molecule has 0 fully saturated rings. The molecule has 0 spiro atoms. The number of carbonyl (C=O) groups excluding carboxylic acids is 2. The Morgan fingerprint density at radius 3 is 2.79 bits per heavy atom. The Bertz CT molecular complexity index is 529. The van der Waals surface area contributed by atoms with Crippen molar-refractivity contribution in [2.45, 2.75) is 13.3 Å². The average Bonchev–Trinajstić information content (AvgIpc) is 2.61. The molecule has 0 atom stereocenters. The first-order valence-electron chi connectivity index (χ1n) is 5.57. The van der Waals surface area contributed by atoms with Gasteiger partial charge in [0.2, 0.25) is 0 Å². The fourth-order valence-electron chi connectivity index (χ4n) is 1.42. The topological polar surface area (TPSA) is 123 Å². The number of nitrogens with two attached hydrogens (primary N) is 1. The molecule has 0 unspecified atom stereocenters. The average molecular weight is 265 g/mol. The number of aromatic nitrogens is 2. The molecule has 0 saturated carbocycles. The van der Waals surface area contributed by atoms with Crippen LogP contribution in [0.4, 0.5) is 5.69 Å². The lowest BCUT2D eigenvalue weighted by Crippen LogP contribution is -2.29. The van der Waals surface area contributed by atoms with E-state index in [1.807, 2.05) is 6.07 Å². The van der Waals surface area contributed by atoms with Crippen LogP contribution in [0.15, 0.2) is 0 Å². The third kappa shape index (κ3) is 3.70. The number of esters is 1. The second kappa shape index (κ2) is 6.39. The maximum absolute atomic E-state index is 11.7. The highest BCUT2D eigenvalue weighted by molar-refractivity contribution is 5.95. The lowest BCUT2D eigenvalue weighted by Gasteiger charge is -2.06. The number of hydrogen-bond acceptors (Lipinski definition) is 6. The van der Waals surface area contributed by atoms with Crippen molar-refractivity contribution in [3.05, 3.63) is 11.4 Å². The number of nitrogens with zero attached hydrogens (tertiary/aromatic N) is 3. The Hall–Kier alpha value is -2.56. The van der Waals surface area contributed by atoms with Crippen LogP contribution in [0.1, 0.15) is 22.6 Å². The molecule has 0 aromatic carbocycles. The number of hydrogen-bond donors (Lipinski definition) is 2. The Balaban J connectivity index is 2.52. The number of rotatable bonds is 5. The van der Waals surface area contributed by atoms with E-state index in [1.165, 1.54) is 4.68 Å². The summed E-state index contributed by atoms with van der Waals surface area (Å²) in [6, 6.07) is 1.88. The monoisotopic (exact) mass is 265 g/mol. The summed E-state index contributed by atoms with van der Waals surface area (Å²) in [6.45, 7) is 1.47. The van der Waals surface area contributed by atoms with Gasteiger partial charge in [0.1, 0.15) is 0 Å². The van der Waals surface area contributed by atoms with Gasteiger partial charge >= 0.3 is 5.97 Å². The van der Waals surface area contributed by atoms with Crippen LogP contribution >= 0.6 is 0 Å². The van der Waals surface area contributed by atoms with E-state index in [-0.39, 0.29) is 24.3 Å². The summed E-state index contributed by atoms with van der Waals surface area (Å²) in [5.74, 6) is -1.18. The van der Waals surface area contributed by atoms with E-state index in [0.29, 0.717) is 5.69 Å². The molecule has 1 rings (SSSR count). The van der Waals surface area contributed by atoms with E-state index in [0.717, 1.165) is 0 Å². The molecule has 8 nitrogen and oxygen atoms in total. The minimum Gasteiger partial charge on any atom is -0.451 e. The second-order valence-electron chi connectivity index (χ2n) is 3.81. The van der Waals surface area contributed by atoms with Crippen molar-refractivity contribution >= 4 is 17.6 Å². The Morgan fingerprint density at radius 2 is 2.26 bits per heavy atom. The van der Waals surface area contributed by atoms with Gasteiger partial charge in [-0.15, -0.1) is 0 Å². The van der Waals surface area contributed by atoms with Crippen molar-refractivity contribution in [3.63, 3.8) is 0 Å². The maximum Gasteiger partial charge on any atom is 0.359 e. The predicted octanol–water partition coefficient (Wildman–Crippen LogP) is -0.503. The van der Waals surface area contributed by atoms with Gasteiger partial charge in [-0.1, -0.05) is 0 Å². The molecule has 0 saturated heterocycles. The summed E-state index contributed by atoms with van der Waals surface area (Å²) in [5, 5.41) is 14.7.